The molecule has 0 spiro atoms. The molecular formula is C11H15BrClNO3S2. The van der Waals surface area contributed by atoms with Crippen LogP contribution in [-0.2, 0) is 14.8 Å². The summed E-state index contributed by atoms with van der Waals surface area (Å²) in [6.45, 7) is 3.49. The van der Waals surface area contributed by atoms with E-state index in [1.165, 1.54) is 10.4 Å². The van der Waals surface area contributed by atoms with Crippen LogP contribution in [0, 0.1) is 0 Å². The molecule has 1 aliphatic rings. The maximum atomic E-state index is 12.5. The van der Waals surface area contributed by atoms with Crippen molar-refractivity contribution in [1.82, 2.24) is 4.31 Å². The predicted molar refractivity (Wildman–Crippen MR) is 80.4 cm³/mol. The molecule has 4 nitrogen and oxygen atoms in total. The number of hydrogen-bond donors (Lipinski definition) is 0. The number of halogens is 2. The van der Waals surface area contributed by atoms with Crippen molar-refractivity contribution < 1.29 is 13.2 Å². The topological polar surface area (TPSA) is 46.6 Å². The van der Waals surface area contributed by atoms with Crippen molar-refractivity contribution in [2.75, 3.05) is 19.7 Å². The van der Waals surface area contributed by atoms with Crippen molar-refractivity contribution in [1.29, 1.82) is 0 Å². The zero-order valence-electron chi connectivity index (χ0n) is 10.4. The number of piperidine rings is 1. The molecule has 1 aromatic rings. The Kier molecular flexibility index (Phi) is 5.30. The van der Waals surface area contributed by atoms with Crippen LogP contribution in [0.25, 0.3) is 0 Å². The van der Waals surface area contributed by atoms with Gasteiger partial charge >= 0.3 is 0 Å². The zero-order valence-corrected chi connectivity index (χ0v) is 14.4. The molecule has 8 heteroatoms. The lowest BCUT2D eigenvalue weighted by molar-refractivity contribution is 0.0265. The summed E-state index contributed by atoms with van der Waals surface area (Å²) in [5, 5.41) is 0.432. The number of ether oxygens (including phenoxy) is 1. The molecule has 0 N–H and O–H groups in total. The van der Waals surface area contributed by atoms with Crippen molar-refractivity contribution in [2.24, 2.45) is 0 Å². The van der Waals surface area contributed by atoms with Crippen LogP contribution in [-0.4, -0.2) is 38.5 Å². The van der Waals surface area contributed by atoms with Crippen LogP contribution in [0.15, 0.2) is 14.1 Å². The van der Waals surface area contributed by atoms with Crippen molar-refractivity contribution >= 4 is 48.9 Å². The molecule has 0 aromatic carbocycles. The normalized spacial score (nSPS) is 21.7. The molecule has 0 saturated carbocycles. The van der Waals surface area contributed by atoms with E-state index in [1.807, 2.05) is 6.92 Å². The van der Waals surface area contributed by atoms with Gasteiger partial charge in [-0.1, -0.05) is 11.6 Å². The van der Waals surface area contributed by atoms with Gasteiger partial charge in [-0.15, -0.1) is 11.3 Å². The van der Waals surface area contributed by atoms with Crippen LogP contribution < -0.4 is 0 Å². The molecule has 108 valence electrons. The first-order valence-electron chi connectivity index (χ1n) is 6.01. The van der Waals surface area contributed by atoms with E-state index in [1.54, 1.807) is 0 Å². The lowest BCUT2D eigenvalue weighted by atomic mass is 10.1. The summed E-state index contributed by atoms with van der Waals surface area (Å²) in [5.41, 5.74) is 0. The first-order valence-corrected chi connectivity index (χ1v) is 9.44. The Balaban J connectivity index is 2.19. The van der Waals surface area contributed by atoms with Gasteiger partial charge in [0, 0.05) is 19.7 Å². The highest BCUT2D eigenvalue weighted by molar-refractivity contribution is 9.11. The number of thiophene rings is 1. The van der Waals surface area contributed by atoms with Gasteiger partial charge in [-0.2, -0.15) is 4.31 Å². The van der Waals surface area contributed by atoms with Gasteiger partial charge in [-0.05, 0) is 41.8 Å². The van der Waals surface area contributed by atoms with Crippen molar-refractivity contribution in [2.45, 2.75) is 30.1 Å². The lowest BCUT2D eigenvalue weighted by Gasteiger charge is -2.31. The zero-order chi connectivity index (χ0) is 14.0. The maximum absolute atomic E-state index is 12.5. The van der Waals surface area contributed by atoms with E-state index in [-0.39, 0.29) is 10.3 Å². The molecule has 1 aromatic heterocycles. The molecule has 2 rings (SSSR count). The highest BCUT2D eigenvalue weighted by Crippen LogP contribution is 2.36. The summed E-state index contributed by atoms with van der Waals surface area (Å²) in [6.07, 6.45) is 1.73. The first kappa shape index (κ1) is 15.7. The third-order valence-electron chi connectivity index (χ3n) is 2.96. The van der Waals surface area contributed by atoms with Crippen LogP contribution in [0.1, 0.15) is 19.8 Å². The fourth-order valence-corrected chi connectivity index (χ4v) is 6.14. The van der Waals surface area contributed by atoms with Gasteiger partial charge in [0.1, 0.15) is 4.21 Å². The average Bonchev–Trinajstić information content (AvgIpc) is 2.71. The molecule has 0 radical (unpaired) electrons. The van der Waals surface area contributed by atoms with E-state index in [0.717, 1.165) is 24.2 Å². The van der Waals surface area contributed by atoms with Gasteiger partial charge in [0.05, 0.1) is 14.9 Å². The fourth-order valence-electron chi connectivity index (χ4n) is 2.08. The quantitative estimate of drug-likeness (QED) is 0.794. The molecule has 1 unspecified atom stereocenters. The Labute approximate surface area is 130 Å². The second-order valence-corrected chi connectivity index (χ2v) is 9.21. The Hall–Kier alpha value is 0.340. The minimum atomic E-state index is -3.46. The van der Waals surface area contributed by atoms with E-state index in [9.17, 15) is 8.42 Å². The summed E-state index contributed by atoms with van der Waals surface area (Å²) < 4.78 is 33.0. The summed E-state index contributed by atoms with van der Waals surface area (Å²) in [7, 11) is -3.46. The van der Waals surface area contributed by atoms with Crippen LogP contribution in [0.2, 0.25) is 5.02 Å². The lowest BCUT2D eigenvalue weighted by Crippen LogP contribution is -2.42. The van der Waals surface area contributed by atoms with E-state index < -0.39 is 10.0 Å². The Morgan fingerprint density at radius 2 is 2.37 bits per heavy atom. The highest BCUT2D eigenvalue weighted by Gasteiger charge is 2.32. The maximum Gasteiger partial charge on any atom is 0.252 e. The molecule has 0 amide bonds. The molecule has 1 saturated heterocycles. The monoisotopic (exact) mass is 387 g/mol. The minimum Gasteiger partial charge on any atom is -0.377 e. The largest absolute Gasteiger partial charge is 0.377 e. The first-order chi connectivity index (χ1) is 8.95. The Morgan fingerprint density at radius 1 is 1.63 bits per heavy atom. The van der Waals surface area contributed by atoms with Gasteiger partial charge in [-0.25, -0.2) is 8.42 Å². The van der Waals surface area contributed by atoms with Crippen LogP contribution in [0.5, 0.6) is 0 Å². The molecule has 19 heavy (non-hydrogen) atoms. The van der Waals surface area contributed by atoms with Gasteiger partial charge in [0.25, 0.3) is 10.0 Å². The fraction of sp³-hybridized carbons (Fsp3) is 0.636. The molecule has 1 atom stereocenters. The number of rotatable bonds is 4. The molecule has 1 fully saturated rings. The van der Waals surface area contributed by atoms with Gasteiger partial charge in [-0.3, -0.25) is 0 Å². The molecule has 1 aliphatic heterocycles. The van der Waals surface area contributed by atoms with Crippen LogP contribution in [0.4, 0.5) is 0 Å². The third kappa shape index (κ3) is 3.51. The summed E-state index contributed by atoms with van der Waals surface area (Å²) >= 11 is 10.3. The summed E-state index contributed by atoms with van der Waals surface area (Å²) in [6, 6.07) is 1.50. The van der Waals surface area contributed by atoms with Crippen molar-refractivity contribution in [3.8, 4) is 0 Å². The standard InChI is InChI=1S/C11H15BrClNO3S2/c1-2-17-8-4-3-5-14(7-8)19(15,16)10-6-9(13)11(12)18-10/h6,8H,2-5,7H2,1H3. The molecule has 0 aliphatic carbocycles. The van der Waals surface area contributed by atoms with Gasteiger partial charge in [0.2, 0.25) is 0 Å². The van der Waals surface area contributed by atoms with Crippen molar-refractivity contribution in [3.63, 3.8) is 0 Å². The van der Waals surface area contributed by atoms with Crippen LogP contribution >= 0.6 is 38.9 Å². The molecule has 2 heterocycles. The van der Waals surface area contributed by atoms with Gasteiger partial charge < -0.3 is 4.74 Å². The van der Waals surface area contributed by atoms with E-state index in [4.69, 9.17) is 16.3 Å². The second kappa shape index (κ2) is 6.41. The van der Waals surface area contributed by atoms with Gasteiger partial charge in [0.15, 0.2) is 0 Å². The summed E-state index contributed by atoms with van der Waals surface area (Å²) in [4.78, 5) is 0. The number of hydrogen-bond acceptors (Lipinski definition) is 4. The van der Waals surface area contributed by atoms with E-state index in [2.05, 4.69) is 15.9 Å². The predicted octanol–water partition coefficient (Wildman–Crippen LogP) is 3.35. The van der Waals surface area contributed by atoms with Crippen molar-refractivity contribution in [3.05, 3.63) is 14.9 Å². The smallest absolute Gasteiger partial charge is 0.252 e. The minimum absolute atomic E-state index is 0.00704. The average molecular weight is 389 g/mol. The number of nitrogens with zero attached hydrogens (tertiary/aromatic N) is 1. The SMILES string of the molecule is CCOC1CCCN(S(=O)(=O)c2cc(Cl)c(Br)s2)C1. The Bertz CT molecular complexity index is 525. The highest BCUT2D eigenvalue weighted by atomic mass is 79.9. The molecule has 0 bridgehead atoms. The molecular weight excluding hydrogens is 374 g/mol. The summed E-state index contributed by atoms with van der Waals surface area (Å²) in [5.74, 6) is 0. The second-order valence-electron chi connectivity index (χ2n) is 4.27. The Morgan fingerprint density at radius 3 is 2.95 bits per heavy atom. The van der Waals surface area contributed by atoms with Crippen LogP contribution in [0.3, 0.4) is 0 Å². The van der Waals surface area contributed by atoms with E-state index >= 15 is 0 Å². The number of sulfonamides is 1. The van der Waals surface area contributed by atoms with E-state index in [0.29, 0.717) is 28.5 Å². The third-order valence-corrected chi connectivity index (χ3v) is 7.75.